The van der Waals surface area contributed by atoms with Gasteiger partial charge in [-0.15, -0.1) is 11.3 Å². The molecule has 2 aromatic rings. The van der Waals surface area contributed by atoms with Crippen molar-refractivity contribution in [1.82, 2.24) is 14.5 Å². The van der Waals surface area contributed by atoms with Gasteiger partial charge in [0.15, 0.2) is 0 Å². The molecule has 3 rings (SSSR count). The largest absolute Gasteiger partial charge is 0.387 e. The molecule has 9 heteroatoms. The van der Waals surface area contributed by atoms with Crippen molar-refractivity contribution in [2.24, 2.45) is 5.92 Å². The van der Waals surface area contributed by atoms with Crippen LogP contribution in [0.5, 0.6) is 0 Å². The van der Waals surface area contributed by atoms with Crippen molar-refractivity contribution >= 4 is 21.2 Å². The molecular weight excluding hydrogens is 398 g/mol. The van der Waals surface area contributed by atoms with Crippen molar-refractivity contribution in [2.75, 3.05) is 32.6 Å². The third-order valence-corrected chi connectivity index (χ3v) is 7.96. The van der Waals surface area contributed by atoms with Crippen LogP contribution in [0, 0.1) is 5.92 Å². The van der Waals surface area contributed by atoms with E-state index in [4.69, 9.17) is 4.74 Å². The zero-order valence-corrected chi connectivity index (χ0v) is 18.1. The molecule has 2 aromatic heterocycles. The SMILES string of the molecule is CCS(=O)(=O)c1ncc(CN2CCC(C(O)c3cccs3)CC2)n1CCOC. The molecule has 7 nitrogen and oxygen atoms in total. The Labute approximate surface area is 170 Å². The van der Waals surface area contributed by atoms with Gasteiger partial charge in [-0.25, -0.2) is 13.4 Å². The van der Waals surface area contributed by atoms with Gasteiger partial charge in [-0.1, -0.05) is 13.0 Å². The zero-order valence-electron chi connectivity index (χ0n) is 16.5. The van der Waals surface area contributed by atoms with Crippen LogP contribution in [0.25, 0.3) is 0 Å². The molecule has 1 atom stereocenters. The van der Waals surface area contributed by atoms with E-state index in [9.17, 15) is 13.5 Å². The summed E-state index contributed by atoms with van der Waals surface area (Å²) in [5.74, 6) is 0.298. The molecular formula is C19H29N3O4S2. The van der Waals surface area contributed by atoms with Crippen LogP contribution in [0.1, 0.15) is 36.4 Å². The zero-order chi connectivity index (χ0) is 20.1. The third-order valence-electron chi connectivity index (χ3n) is 5.38. The first kappa shape index (κ1) is 21.4. The van der Waals surface area contributed by atoms with Crippen LogP contribution >= 0.6 is 11.3 Å². The summed E-state index contributed by atoms with van der Waals surface area (Å²) >= 11 is 1.60. The van der Waals surface area contributed by atoms with Crippen molar-refractivity contribution < 1.29 is 18.3 Å². The highest BCUT2D eigenvalue weighted by molar-refractivity contribution is 7.91. The van der Waals surface area contributed by atoms with Crippen LogP contribution in [-0.2, 0) is 27.7 Å². The van der Waals surface area contributed by atoms with E-state index in [1.54, 1.807) is 36.1 Å². The van der Waals surface area contributed by atoms with Gasteiger partial charge in [0.25, 0.3) is 0 Å². The molecule has 3 heterocycles. The van der Waals surface area contributed by atoms with E-state index in [-0.39, 0.29) is 16.8 Å². The van der Waals surface area contributed by atoms with Crippen LogP contribution in [0.3, 0.4) is 0 Å². The lowest BCUT2D eigenvalue weighted by molar-refractivity contribution is 0.0582. The summed E-state index contributed by atoms with van der Waals surface area (Å²) in [5.41, 5.74) is 0.890. The number of aromatic nitrogens is 2. The Balaban J connectivity index is 1.66. The van der Waals surface area contributed by atoms with Crippen molar-refractivity contribution in [2.45, 2.75) is 44.1 Å². The lowest BCUT2D eigenvalue weighted by Crippen LogP contribution is -2.35. The smallest absolute Gasteiger partial charge is 0.227 e. The quantitative estimate of drug-likeness (QED) is 0.661. The van der Waals surface area contributed by atoms with Crippen LogP contribution < -0.4 is 0 Å². The fraction of sp³-hybridized carbons (Fsp3) is 0.632. The van der Waals surface area contributed by atoms with Crippen LogP contribution in [0.2, 0.25) is 0 Å². The van der Waals surface area contributed by atoms with Gasteiger partial charge >= 0.3 is 0 Å². The number of aliphatic hydroxyl groups is 1. The summed E-state index contributed by atoms with van der Waals surface area (Å²) in [6.45, 7) is 4.93. The first-order valence-corrected chi connectivity index (χ1v) is 12.2. The second-order valence-electron chi connectivity index (χ2n) is 7.15. The number of rotatable bonds is 9. The minimum Gasteiger partial charge on any atom is -0.387 e. The Bertz CT molecular complexity index is 841. The van der Waals surface area contributed by atoms with Gasteiger partial charge in [-0.05, 0) is 43.3 Å². The number of piperidine rings is 1. The summed E-state index contributed by atoms with van der Waals surface area (Å²) < 4.78 is 31.6. The van der Waals surface area contributed by atoms with Crippen molar-refractivity contribution in [1.29, 1.82) is 0 Å². The second-order valence-corrected chi connectivity index (χ2v) is 10.3. The fourth-order valence-corrected chi connectivity index (χ4v) is 5.48. The molecule has 0 amide bonds. The van der Waals surface area contributed by atoms with Gasteiger partial charge in [-0.3, -0.25) is 4.90 Å². The first-order chi connectivity index (χ1) is 13.5. The van der Waals surface area contributed by atoms with Crippen molar-refractivity contribution in [3.05, 3.63) is 34.3 Å². The third kappa shape index (κ3) is 4.83. The summed E-state index contributed by atoms with van der Waals surface area (Å²) in [5, 5.41) is 12.7. The number of likely N-dealkylation sites (tertiary alicyclic amines) is 1. The van der Waals surface area contributed by atoms with Gasteiger partial charge in [-0.2, -0.15) is 0 Å². The van der Waals surface area contributed by atoms with E-state index in [1.165, 1.54) is 0 Å². The number of ether oxygens (including phenoxy) is 1. The molecule has 0 radical (unpaired) electrons. The summed E-state index contributed by atoms with van der Waals surface area (Å²) in [6.07, 6.45) is 3.12. The lowest BCUT2D eigenvalue weighted by atomic mass is 9.90. The number of aliphatic hydroxyl groups excluding tert-OH is 1. The summed E-state index contributed by atoms with van der Waals surface area (Å²) in [4.78, 5) is 7.55. The normalized spacial score (nSPS) is 17.8. The van der Waals surface area contributed by atoms with Crippen LogP contribution in [-0.4, -0.2) is 60.5 Å². The Morgan fingerprint density at radius 2 is 2.14 bits per heavy atom. The molecule has 28 heavy (non-hydrogen) atoms. The topological polar surface area (TPSA) is 84.7 Å². The van der Waals surface area contributed by atoms with Crippen molar-refractivity contribution in [3.8, 4) is 0 Å². The molecule has 1 fully saturated rings. The minimum absolute atomic E-state index is 0.0302. The van der Waals surface area contributed by atoms with E-state index in [0.717, 1.165) is 36.5 Å². The number of sulfone groups is 1. The maximum atomic E-state index is 12.4. The highest BCUT2D eigenvalue weighted by atomic mass is 32.2. The van der Waals surface area contributed by atoms with Gasteiger partial charge in [0, 0.05) is 25.1 Å². The van der Waals surface area contributed by atoms with Gasteiger partial charge in [0.05, 0.1) is 30.4 Å². The van der Waals surface area contributed by atoms with E-state index < -0.39 is 15.9 Å². The molecule has 1 unspecified atom stereocenters. The van der Waals surface area contributed by atoms with Gasteiger partial charge in [0.2, 0.25) is 15.0 Å². The number of methoxy groups -OCH3 is 1. The standard InChI is InChI=1S/C19H29N3O4S2/c1-3-28(24,25)19-20-13-16(22(19)10-11-26-2)14-21-8-6-15(7-9-21)18(23)17-5-4-12-27-17/h4-5,12-13,15,18,23H,3,6-11,14H2,1-2H3. The lowest BCUT2D eigenvalue weighted by Gasteiger charge is -2.34. The Morgan fingerprint density at radius 3 is 2.75 bits per heavy atom. The van der Waals surface area contributed by atoms with E-state index in [1.807, 2.05) is 17.5 Å². The molecule has 1 N–H and O–H groups in total. The average molecular weight is 428 g/mol. The number of hydrogen-bond acceptors (Lipinski definition) is 7. The summed E-state index contributed by atoms with van der Waals surface area (Å²) in [6, 6.07) is 3.97. The number of imidazole rings is 1. The number of hydrogen-bond donors (Lipinski definition) is 1. The average Bonchev–Trinajstić information content (AvgIpc) is 3.37. The molecule has 156 valence electrons. The maximum absolute atomic E-state index is 12.4. The predicted molar refractivity (Wildman–Crippen MR) is 109 cm³/mol. The molecule has 0 aromatic carbocycles. The number of nitrogens with zero attached hydrogens (tertiary/aromatic N) is 3. The molecule has 0 spiro atoms. The molecule has 0 aliphatic carbocycles. The maximum Gasteiger partial charge on any atom is 0.227 e. The Morgan fingerprint density at radius 1 is 1.39 bits per heavy atom. The van der Waals surface area contributed by atoms with E-state index in [2.05, 4.69) is 9.88 Å². The van der Waals surface area contributed by atoms with Gasteiger partial charge < -0.3 is 14.4 Å². The highest BCUT2D eigenvalue weighted by Gasteiger charge is 2.28. The van der Waals surface area contributed by atoms with Crippen LogP contribution in [0.4, 0.5) is 0 Å². The second kappa shape index (κ2) is 9.49. The van der Waals surface area contributed by atoms with E-state index >= 15 is 0 Å². The summed E-state index contributed by atoms with van der Waals surface area (Å²) in [7, 11) is -1.77. The molecule has 1 aliphatic rings. The Kier molecular flexibility index (Phi) is 7.27. The van der Waals surface area contributed by atoms with E-state index in [0.29, 0.717) is 19.7 Å². The monoisotopic (exact) mass is 427 g/mol. The molecule has 1 saturated heterocycles. The molecule has 1 aliphatic heterocycles. The van der Waals surface area contributed by atoms with Crippen molar-refractivity contribution in [3.63, 3.8) is 0 Å². The van der Waals surface area contributed by atoms with Crippen LogP contribution in [0.15, 0.2) is 28.9 Å². The highest BCUT2D eigenvalue weighted by Crippen LogP contribution is 2.33. The molecule has 0 bridgehead atoms. The first-order valence-electron chi connectivity index (χ1n) is 9.66. The predicted octanol–water partition coefficient (Wildman–Crippen LogP) is 2.33. The fourth-order valence-electron chi connectivity index (χ4n) is 3.67. The minimum atomic E-state index is -3.38. The van der Waals surface area contributed by atoms with Gasteiger partial charge in [0.1, 0.15) is 0 Å². The Hall–Kier alpha value is -1.26. The molecule has 0 saturated carbocycles. The number of thiophene rings is 1.